The maximum absolute atomic E-state index is 12.7. The molecule has 0 aromatic heterocycles. The SMILES string of the molecule is CN(C=O)CC(F)CCCO. The second-order valence-electron chi connectivity index (χ2n) is 2.51. The van der Waals surface area contributed by atoms with Crippen LogP contribution in [0, 0.1) is 0 Å². The number of hydrogen-bond acceptors (Lipinski definition) is 2. The summed E-state index contributed by atoms with van der Waals surface area (Å²) < 4.78 is 12.7. The fourth-order valence-corrected chi connectivity index (χ4v) is 0.760. The number of rotatable bonds is 6. The standard InChI is InChI=1S/C7H14FNO2/c1-9(6-11)5-7(8)3-2-4-10/h6-7,10H,2-5H2,1H3. The first-order valence-corrected chi connectivity index (χ1v) is 3.61. The molecule has 0 rings (SSSR count). The van der Waals surface area contributed by atoms with Crippen LogP contribution in [0.15, 0.2) is 0 Å². The highest BCUT2D eigenvalue weighted by Crippen LogP contribution is 2.01. The Morgan fingerprint density at radius 1 is 1.73 bits per heavy atom. The van der Waals surface area contributed by atoms with Crippen LogP contribution >= 0.6 is 0 Å². The molecule has 0 spiro atoms. The topological polar surface area (TPSA) is 40.5 Å². The molecule has 1 atom stereocenters. The molecule has 3 nitrogen and oxygen atoms in total. The lowest BCUT2D eigenvalue weighted by molar-refractivity contribution is -0.117. The van der Waals surface area contributed by atoms with E-state index in [1.54, 1.807) is 0 Å². The number of aliphatic hydroxyl groups is 1. The van der Waals surface area contributed by atoms with Gasteiger partial charge in [0.1, 0.15) is 6.17 Å². The number of amides is 1. The van der Waals surface area contributed by atoms with Crippen LogP contribution in [0.25, 0.3) is 0 Å². The number of aliphatic hydroxyl groups excluding tert-OH is 1. The Bertz CT molecular complexity index is 111. The van der Waals surface area contributed by atoms with Crippen molar-refractivity contribution in [3.8, 4) is 0 Å². The monoisotopic (exact) mass is 163 g/mol. The van der Waals surface area contributed by atoms with Gasteiger partial charge in [-0.1, -0.05) is 0 Å². The molecule has 66 valence electrons. The first-order valence-electron chi connectivity index (χ1n) is 3.61. The van der Waals surface area contributed by atoms with Crippen LogP contribution in [0.4, 0.5) is 4.39 Å². The van der Waals surface area contributed by atoms with Crippen LogP contribution in [-0.4, -0.2) is 42.8 Å². The molecule has 0 aliphatic heterocycles. The smallest absolute Gasteiger partial charge is 0.209 e. The van der Waals surface area contributed by atoms with E-state index in [2.05, 4.69) is 0 Å². The first kappa shape index (κ1) is 10.4. The van der Waals surface area contributed by atoms with Crippen LogP contribution in [0.3, 0.4) is 0 Å². The minimum atomic E-state index is -1.02. The Labute approximate surface area is 65.8 Å². The van der Waals surface area contributed by atoms with E-state index in [4.69, 9.17) is 5.11 Å². The van der Waals surface area contributed by atoms with Crippen LogP contribution in [0.5, 0.6) is 0 Å². The first-order chi connectivity index (χ1) is 5.20. The molecule has 1 amide bonds. The van der Waals surface area contributed by atoms with Crippen molar-refractivity contribution < 1.29 is 14.3 Å². The molecule has 0 saturated heterocycles. The molecule has 0 saturated carbocycles. The summed E-state index contributed by atoms with van der Waals surface area (Å²) in [6.45, 7) is 0.120. The fraction of sp³-hybridized carbons (Fsp3) is 0.857. The molecule has 1 unspecified atom stereocenters. The van der Waals surface area contributed by atoms with Gasteiger partial charge in [0.15, 0.2) is 0 Å². The predicted octanol–water partition coefficient (Wildman–Crippen LogP) is 0.185. The summed E-state index contributed by atoms with van der Waals surface area (Å²) in [5.74, 6) is 0. The highest BCUT2D eigenvalue weighted by molar-refractivity contribution is 5.46. The maximum atomic E-state index is 12.7. The molecule has 0 radical (unpaired) electrons. The van der Waals surface area contributed by atoms with Crippen molar-refractivity contribution in [1.29, 1.82) is 0 Å². The van der Waals surface area contributed by atoms with Crippen molar-refractivity contribution in [3.05, 3.63) is 0 Å². The third-order valence-electron chi connectivity index (χ3n) is 1.34. The van der Waals surface area contributed by atoms with Crippen molar-refractivity contribution in [2.24, 2.45) is 0 Å². The van der Waals surface area contributed by atoms with E-state index >= 15 is 0 Å². The molecular weight excluding hydrogens is 149 g/mol. The minimum absolute atomic E-state index is 0.00518. The second kappa shape index (κ2) is 6.09. The van der Waals surface area contributed by atoms with E-state index in [1.165, 1.54) is 11.9 Å². The molecule has 0 aliphatic carbocycles. The minimum Gasteiger partial charge on any atom is -0.396 e. The molecule has 11 heavy (non-hydrogen) atoms. The van der Waals surface area contributed by atoms with Crippen molar-refractivity contribution in [2.45, 2.75) is 19.0 Å². The Morgan fingerprint density at radius 3 is 2.82 bits per heavy atom. The average Bonchev–Trinajstić information content (AvgIpc) is 2.00. The van der Waals surface area contributed by atoms with Gasteiger partial charge in [-0.3, -0.25) is 4.79 Å². The summed E-state index contributed by atoms with van der Waals surface area (Å²) in [7, 11) is 1.53. The molecule has 1 N–H and O–H groups in total. The van der Waals surface area contributed by atoms with Gasteiger partial charge in [-0.05, 0) is 12.8 Å². The molecule has 0 aromatic carbocycles. The molecule has 0 fully saturated rings. The molecule has 0 heterocycles. The Balaban J connectivity index is 3.34. The quantitative estimate of drug-likeness (QED) is 0.568. The third kappa shape index (κ3) is 5.79. The lowest BCUT2D eigenvalue weighted by Gasteiger charge is -2.13. The fourth-order valence-electron chi connectivity index (χ4n) is 0.760. The lowest BCUT2D eigenvalue weighted by Crippen LogP contribution is -2.25. The number of alkyl halides is 1. The largest absolute Gasteiger partial charge is 0.396 e. The summed E-state index contributed by atoms with van der Waals surface area (Å²) in [5, 5.41) is 8.36. The van der Waals surface area contributed by atoms with E-state index in [0.717, 1.165) is 0 Å². The van der Waals surface area contributed by atoms with Gasteiger partial charge in [-0.25, -0.2) is 4.39 Å². The number of nitrogens with zero attached hydrogens (tertiary/aromatic N) is 1. The van der Waals surface area contributed by atoms with Gasteiger partial charge in [0.25, 0.3) is 0 Å². The summed E-state index contributed by atoms with van der Waals surface area (Å²) in [6, 6.07) is 0. The molecule has 0 aliphatic rings. The number of carbonyl (C=O) groups excluding carboxylic acids is 1. The third-order valence-corrected chi connectivity index (χ3v) is 1.34. The summed E-state index contributed by atoms with van der Waals surface area (Å²) >= 11 is 0. The predicted molar refractivity (Wildman–Crippen MR) is 39.9 cm³/mol. The van der Waals surface area contributed by atoms with Crippen LogP contribution < -0.4 is 0 Å². The van der Waals surface area contributed by atoms with Gasteiger partial charge in [0.05, 0.1) is 6.54 Å². The van der Waals surface area contributed by atoms with E-state index in [9.17, 15) is 9.18 Å². The van der Waals surface area contributed by atoms with Crippen molar-refractivity contribution in [3.63, 3.8) is 0 Å². The second-order valence-corrected chi connectivity index (χ2v) is 2.51. The summed E-state index contributed by atoms with van der Waals surface area (Å²) in [6.07, 6.45) is 0.339. The zero-order chi connectivity index (χ0) is 8.69. The van der Waals surface area contributed by atoms with Gasteiger partial charge in [-0.15, -0.1) is 0 Å². The molecule has 4 heteroatoms. The Hall–Kier alpha value is -0.640. The Kier molecular flexibility index (Phi) is 5.74. The lowest BCUT2D eigenvalue weighted by atomic mass is 10.2. The van der Waals surface area contributed by atoms with Gasteiger partial charge in [-0.2, -0.15) is 0 Å². The number of carbonyl (C=O) groups is 1. The van der Waals surface area contributed by atoms with Gasteiger partial charge in [0.2, 0.25) is 6.41 Å². The van der Waals surface area contributed by atoms with Gasteiger partial charge in [0, 0.05) is 13.7 Å². The number of hydrogen-bond donors (Lipinski definition) is 1. The molecule has 0 aromatic rings. The molecule has 0 bridgehead atoms. The van der Waals surface area contributed by atoms with Crippen LogP contribution in [-0.2, 0) is 4.79 Å². The van der Waals surface area contributed by atoms with E-state index in [-0.39, 0.29) is 13.2 Å². The van der Waals surface area contributed by atoms with Crippen molar-refractivity contribution >= 4 is 6.41 Å². The van der Waals surface area contributed by atoms with E-state index in [0.29, 0.717) is 19.3 Å². The van der Waals surface area contributed by atoms with Crippen LogP contribution in [0.1, 0.15) is 12.8 Å². The highest BCUT2D eigenvalue weighted by Gasteiger charge is 2.07. The average molecular weight is 163 g/mol. The number of halogens is 1. The normalized spacial score (nSPS) is 12.6. The van der Waals surface area contributed by atoms with Gasteiger partial charge < -0.3 is 10.0 Å². The summed E-state index contributed by atoms with van der Waals surface area (Å²) in [4.78, 5) is 11.3. The van der Waals surface area contributed by atoms with Gasteiger partial charge >= 0.3 is 0 Å². The van der Waals surface area contributed by atoms with Crippen LogP contribution in [0.2, 0.25) is 0 Å². The molecular formula is C7H14FNO2. The van der Waals surface area contributed by atoms with Crippen molar-refractivity contribution in [1.82, 2.24) is 4.90 Å². The Morgan fingerprint density at radius 2 is 2.36 bits per heavy atom. The summed E-state index contributed by atoms with van der Waals surface area (Å²) in [5.41, 5.74) is 0. The van der Waals surface area contributed by atoms with E-state index in [1.807, 2.05) is 0 Å². The zero-order valence-corrected chi connectivity index (χ0v) is 6.66. The maximum Gasteiger partial charge on any atom is 0.209 e. The van der Waals surface area contributed by atoms with Crippen molar-refractivity contribution in [2.75, 3.05) is 20.2 Å². The highest BCUT2D eigenvalue weighted by atomic mass is 19.1. The van der Waals surface area contributed by atoms with E-state index < -0.39 is 6.17 Å². The zero-order valence-electron chi connectivity index (χ0n) is 6.66.